The molecule has 94 valence electrons. The first-order valence-corrected chi connectivity index (χ1v) is 5.87. The molecule has 1 aliphatic rings. The average Bonchev–Trinajstić information content (AvgIpc) is 3.08. The molecule has 0 aromatic carbocycles. The molecule has 0 atom stereocenters. The highest BCUT2D eigenvalue weighted by molar-refractivity contribution is 6.17. The predicted octanol–water partition coefficient (Wildman–Crippen LogP) is 3.35. The highest BCUT2D eigenvalue weighted by Crippen LogP contribution is 2.35. The van der Waals surface area contributed by atoms with Crippen molar-refractivity contribution in [2.45, 2.75) is 30.9 Å². The monoisotopic (exact) mass is 264 g/mol. The number of halogens is 4. The molecule has 0 amide bonds. The van der Waals surface area contributed by atoms with E-state index in [1.165, 1.54) is 11.1 Å². The Morgan fingerprint density at radius 1 is 1.41 bits per heavy atom. The van der Waals surface area contributed by atoms with Crippen molar-refractivity contribution in [3.05, 3.63) is 24.0 Å². The summed E-state index contributed by atoms with van der Waals surface area (Å²) < 4.78 is 37.6. The second-order valence-electron chi connectivity index (χ2n) is 4.11. The summed E-state index contributed by atoms with van der Waals surface area (Å²) in [6, 6.07) is 1.64. The largest absolute Gasteiger partial charge is 0.405 e. The minimum Gasteiger partial charge on any atom is -0.358 e. The van der Waals surface area contributed by atoms with Gasteiger partial charge < -0.3 is 4.90 Å². The first kappa shape index (κ1) is 12.5. The summed E-state index contributed by atoms with van der Waals surface area (Å²) in [7, 11) is 0. The molecule has 0 saturated heterocycles. The summed E-state index contributed by atoms with van der Waals surface area (Å²) in [5.74, 6) is 0.193. The third-order valence-corrected chi connectivity index (χ3v) is 2.97. The van der Waals surface area contributed by atoms with Crippen LogP contribution in [0.3, 0.4) is 0 Å². The van der Waals surface area contributed by atoms with E-state index in [1.54, 1.807) is 12.3 Å². The van der Waals surface area contributed by atoms with Gasteiger partial charge in [-0.05, 0) is 24.5 Å². The van der Waals surface area contributed by atoms with E-state index in [-0.39, 0.29) is 11.9 Å². The number of hydrogen-bond acceptors (Lipinski definition) is 2. The Labute approximate surface area is 102 Å². The molecule has 1 aromatic heterocycles. The van der Waals surface area contributed by atoms with Gasteiger partial charge in [0, 0.05) is 18.1 Å². The molecule has 1 aliphatic carbocycles. The van der Waals surface area contributed by atoms with Crippen LogP contribution in [0.4, 0.5) is 18.9 Å². The van der Waals surface area contributed by atoms with E-state index < -0.39 is 12.7 Å². The number of aromatic nitrogens is 1. The highest BCUT2D eigenvalue weighted by Gasteiger charge is 2.38. The lowest BCUT2D eigenvalue weighted by atomic mass is 10.2. The minimum atomic E-state index is -4.21. The van der Waals surface area contributed by atoms with Crippen LogP contribution >= 0.6 is 11.6 Å². The quantitative estimate of drug-likeness (QED) is 0.776. The maximum absolute atomic E-state index is 12.5. The van der Waals surface area contributed by atoms with Crippen LogP contribution in [0.5, 0.6) is 0 Å². The van der Waals surface area contributed by atoms with Crippen molar-refractivity contribution >= 4 is 17.3 Å². The SMILES string of the molecule is FC(F)(F)CN(c1cnccc1CCl)C1CC1. The molecule has 6 heteroatoms. The summed E-state index contributed by atoms with van der Waals surface area (Å²) in [6.45, 7) is -0.937. The van der Waals surface area contributed by atoms with Gasteiger partial charge in [-0.25, -0.2) is 0 Å². The van der Waals surface area contributed by atoms with Crippen molar-refractivity contribution in [1.29, 1.82) is 0 Å². The molecule has 2 nitrogen and oxygen atoms in total. The van der Waals surface area contributed by atoms with E-state index in [0.29, 0.717) is 11.3 Å². The Bertz CT molecular complexity index is 391. The Kier molecular flexibility index (Phi) is 3.47. The third-order valence-electron chi connectivity index (χ3n) is 2.68. The van der Waals surface area contributed by atoms with Crippen molar-refractivity contribution in [3.63, 3.8) is 0 Å². The summed E-state index contributed by atoms with van der Waals surface area (Å²) in [5.41, 5.74) is 1.19. The molecule has 1 heterocycles. The van der Waals surface area contributed by atoms with Crippen molar-refractivity contribution < 1.29 is 13.2 Å². The van der Waals surface area contributed by atoms with E-state index in [9.17, 15) is 13.2 Å². The topological polar surface area (TPSA) is 16.1 Å². The van der Waals surface area contributed by atoms with Crippen LogP contribution in [-0.4, -0.2) is 23.7 Å². The second kappa shape index (κ2) is 4.72. The van der Waals surface area contributed by atoms with Crippen LogP contribution in [-0.2, 0) is 5.88 Å². The third kappa shape index (κ3) is 3.25. The Morgan fingerprint density at radius 3 is 2.65 bits per heavy atom. The van der Waals surface area contributed by atoms with Gasteiger partial charge in [-0.2, -0.15) is 13.2 Å². The van der Waals surface area contributed by atoms with Crippen LogP contribution in [0.25, 0.3) is 0 Å². The van der Waals surface area contributed by atoms with Gasteiger partial charge in [0.15, 0.2) is 0 Å². The molecule has 0 spiro atoms. The van der Waals surface area contributed by atoms with Gasteiger partial charge in [0.05, 0.1) is 11.9 Å². The Balaban J connectivity index is 2.26. The maximum atomic E-state index is 12.5. The molecule has 0 radical (unpaired) electrons. The number of nitrogens with zero attached hydrogens (tertiary/aromatic N) is 2. The molecule has 1 saturated carbocycles. The first-order chi connectivity index (χ1) is 8.01. The van der Waals surface area contributed by atoms with E-state index in [4.69, 9.17) is 11.6 Å². The predicted molar refractivity (Wildman–Crippen MR) is 60.2 cm³/mol. The molecular formula is C11H12ClF3N2. The fraction of sp³-hybridized carbons (Fsp3) is 0.545. The van der Waals surface area contributed by atoms with E-state index in [2.05, 4.69) is 4.98 Å². The molecule has 1 aromatic rings. The average molecular weight is 265 g/mol. The fourth-order valence-corrected chi connectivity index (χ4v) is 2.00. The van der Waals surface area contributed by atoms with Crippen molar-refractivity contribution in [1.82, 2.24) is 4.98 Å². The zero-order valence-corrected chi connectivity index (χ0v) is 9.80. The van der Waals surface area contributed by atoms with Crippen molar-refractivity contribution in [2.75, 3.05) is 11.4 Å². The molecule has 0 aliphatic heterocycles. The van der Waals surface area contributed by atoms with E-state index >= 15 is 0 Å². The molecule has 2 rings (SSSR count). The lowest BCUT2D eigenvalue weighted by molar-refractivity contribution is -0.120. The maximum Gasteiger partial charge on any atom is 0.405 e. The van der Waals surface area contributed by atoms with E-state index in [1.807, 2.05) is 0 Å². The normalized spacial score (nSPS) is 16.0. The summed E-state index contributed by atoms with van der Waals surface area (Å²) in [6.07, 6.45) is 0.392. The molecule has 1 fully saturated rings. The van der Waals surface area contributed by atoms with Crippen molar-refractivity contribution in [2.24, 2.45) is 0 Å². The van der Waals surface area contributed by atoms with Crippen LogP contribution in [0.15, 0.2) is 18.5 Å². The molecule has 0 unspecified atom stereocenters. The zero-order valence-electron chi connectivity index (χ0n) is 9.04. The van der Waals surface area contributed by atoms with Gasteiger partial charge in [-0.15, -0.1) is 11.6 Å². The highest BCUT2D eigenvalue weighted by atomic mass is 35.5. The number of alkyl halides is 4. The number of pyridine rings is 1. The fourth-order valence-electron chi connectivity index (χ4n) is 1.78. The summed E-state index contributed by atoms with van der Waals surface area (Å²) in [5, 5.41) is 0. The van der Waals surface area contributed by atoms with Gasteiger partial charge in [-0.3, -0.25) is 4.98 Å². The number of hydrogen-bond donors (Lipinski definition) is 0. The standard InChI is InChI=1S/C11H12ClF3N2/c12-5-8-3-4-16-6-10(8)17(9-1-2-9)7-11(13,14)15/h3-4,6,9H,1-2,5,7H2. The number of rotatable bonds is 4. The van der Waals surface area contributed by atoms with E-state index in [0.717, 1.165) is 12.8 Å². The van der Waals surface area contributed by atoms with Crippen LogP contribution in [0.2, 0.25) is 0 Å². The van der Waals surface area contributed by atoms with Gasteiger partial charge in [-0.1, -0.05) is 0 Å². The Morgan fingerprint density at radius 2 is 2.12 bits per heavy atom. The molecular weight excluding hydrogens is 253 g/mol. The van der Waals surface area contributed by atoms with Gasteiger partial charge in [0.1, 0.15) is 6.54 Å². The van der Waals surface area contributed by atoms with Crippen molar-refractivity contribution in [3.8, 4) is 0 Å². The Hall–Kier alpha value is -0.970. The number of anilines is 1. The summed E-state index contributed by atoms with van der Waals surface area (Å²) >= 11 is 5.74. The smallest absolute Gasteiger partial charge is 0.358 e. The molecule has 17 heavy (non-hydrogen) atoms. The van der Waals surface area contributed by atoms with Crippen LogP contribution < -0.4 is 4.90 Å². The van der Waals surface area contributed by atoms with Gasteiger partial charge >= 0.3 is 6.18 Å². The zero-order chi connectivity index (χ0) is 12.5. The van der Waals surface area contributed by atoms with Gasteiger partial charge in [0.2, 0.25) is 0 Å². The van der Waals surface area contributed by atoms with Crippen LogP contribution in [0, 0.1) is 0 Å². The second-order valence-corrected chi connectivity index (χ2v) is 4.38. The van der Waals surface area contributed by atoms with Crippen LogP contribution in [0.1, 0.15) is 18.4 Å². The van der Waals surface area contributed by atoms with Gasteiger partial charge in [0.25, 0.3) is 0 Å². The lowest BCUT2D eigenvalue weighted by Crippen LogP contribution is -2.36. The first-order valence-electron chi connectivity index (χ1n) is 5.33. The minimum absolute atomic E-state index is 0.0252. The summed E-state index contributed by atoms with van der Waals surface area (Å²) in [4.78, 5) is 5.25. The molecule has 0 bridgehead atoms. The lowest BCUT2D eigenvalue weighted by Gasteiger charge is -2.27. The molecule has 0 N–H and O–H groups in total.